The minimum absolute atomic E-state index is 0.00476. The molecule has 0 bridgehead atoms. The van der Waals surface area contributed by atoms with Crippen LogP contribution in [0.15, 0.2) is 53.4 Å². The first kappa shape index (κ1) is 18.5. The summed E-state index contributed by atoms with van der Waals surface area (Å²) < 4.78 is 27.4. The van der Waals surface area contributed by atoms with E-state index in [0.29, 0.717) is 11.3 Å². The Labute approximate surface area is 155 Å². The number of piperidine rings is 1. The molecule has 1 aliphatic rings. The molecule has 1 amide bonds. The van der Waals surface area contributed by atoms with Gasteiger partial charge in [-0.15, -0.1) is 0 Å². The van der Waals surface area contributed by atoms with Crippen molar-refractivity contribution < 1.29 is 13.2 Å². The van der Waals surface area contributed by atoms with Gasteiger partial charge in [0.15, 0.2) is 0 Å². The molecule has 0 aliphatic carbocycles. The van der Waals surface area contributed by atoms with Crippen LogP contribution in [-0.4, -0.2) is 31.8 Å². The lowest BCUT2D eigenvalue weighted by Gasteiger charge is -2.33. The highest BCUT2D eigenvalue weighted by Gasteiger charge is 2.24. The fourth-order valence-electron chi connectivity index (χ4n) is 3.18. The summed E-state index contributed by atoms with van der Waals surface area (Å²) in [5.41, 5.74) is 2.02. The van der Waals surface area contributed by atoms with Gasteiger partial charge in [-0.05, 0) is 69.5 Å². The number of benzene rings is 2. The Morgan fingerprint density at radius 1 is 1.04 bits per heavy atom. The van der Waals surface area contributed by atoms with Gasteiger partial charge in [0.05, 0.1) is 4.90 Å². The zero-order valence-corrected chi connectivity index (χ0v) is 15.9. The Kier molecular flexibility index (Phi) is 5.32. The molecule has 0 spiro atoms. The molecule has 1 N–H and O–H groups in total. The minimum atomic E-state index is -3.64. The molecule has 3 rings (SSSR count). The van der Waals surface area contributed by atoms with Gasteiger partial charge >= 0.3 is 0 Å². The van der Waals surface area contributed by atoms with Crippen LogP contribution in [0.2, 0.25) is 0 Å². The van der Waals surface area contributed by atoms with Crippen molar-refractivity contribution >= 4 is 21.6 Å². The molecule has 1 atom stereocenters. The average Bonchev–Trinajstić information content (AvgIpc) is 2.62. The summed E-state index contributed by atoms with van der Waals surface area (Å²) in [6.07, 6.45) is 3.22. The van der Waals surface area contributed by atoms with Gasteiger partial charge in [0, 0.05) is 23.8 Å². The molecular weight excluding hydrogens is 348 g/mol. The molecule has 26 heavy (non-hydrogen) atoms. The molecule has 1 saturated heterocycles. The van der Waals surface area contributed by atoms with Gasteiger partial charge in [0.1, 0.15) is 0 Å². The molecular formula is C20H24N2O3S. The van der Waals surface area contributed by atoms with E-state index >= 15 is 0 Å². The summed E-state index contributed by atoms with van der Waals surface area (Å²) >= 11 is 0. The number of carbonyl (C=O) groups is 1. The van der Waals surface area contributed by atoms with Crippen molar-refractivity contribution in [2.24, 2.45) is 0 Å². The number of hydrogen-bond acceptors (Lipinski definition) is 3. The Morgan fingerprint density at radius 3 is 2.31 bits per heavy atom. The van der Waals surface area contributed by atoms with Gasteiger partial charge in [0.2, 0.25) is 0 Å². The Bertz CT molecular complexity index is 874. The van der Waals surface area contributed by atoms with Crippen molar-refractivity contribution in [3.8, 4) is 0 Å². The van der Waals surface area contributed by atoms with Crippen molar-refractivity contribution in [1.29, 1.82) is 0 Å². The SMILES string of the molecule is Cc1ccc(S(=O)(=O)Nc2ccc(C(=O)N3CCCCC3C)cc2)cc1. The number of hydrogen-bond donors (Lipinski definition) is 1. The molecule has 138 valence electrons. The first-order chi connectivity index (χ1) is 12.4. The monoisotopic (exact) mass is 372 g/mol. The van der Waals surface area contributed by atoms with Crippen LogP contribution in [0.3, 0.4) is 0 Å². The normalized spacial score (nSPS) is 17.8. The number of anilines is 1. The predicted octanol–water partition coefficient (Wildman–Crippen LogP) is 3.81. The summed E-state index contributed by atoms with van der Waals surface area (Å²) in [5, 5.41) is 0. The summed E-state index contributed by atoms with van der Waals surface area (Å²) in [7, 11) is -3.64. The lowest BCUT2D eigenvalue weighted by atomic mass is 10.0. The standard InChI is InChI=1S/C20H24N2O3S/c1-15-6-12-19(13-7-15)26(24,25)21-18-10-8-17(9-11-18)20(23)22-14-4-3-5-16(22)2/h6-13,16,21H,3-5,14H2,1-2H3. The van der Waals surface area contributed by atoms with Gasteiger partial charge in [-0.1, -0.05) is 17.7 Å². The van der Waals surface area contributed by atoms with E-state index in [-0.39, 0.29) is 16.8 Å². The zero-order chi connectivity index (χ0) is 18.7. The fraction of sp³-hybridized carbons (Fsp3) is 0.350. The second-order valence-electron chi connectivity index (χ2n) is 6.84. The van der Waals surface area contributed by atoms with E-state index in [1.807, 2.05) is 11.8 Å². The van der Waals surface area contributed by atoms with Gasteiger partial charge in [0.25, 0.3) is 15.9 Å². The van der Waals surface area contributed by atoms with Crippen molar-refractivity contribution in [2.45, 2.75) is 44.0 Å². The zero-order valence-electron chi connectivity index (χ0n) is 15.1. The summed E-state index contributed by atoms with van der Waals surface area (Å²) in [4.78, 5) is 14.8. The smallest absolute Gasteiger partial charge is 0.261 e. The number of nitrogens with zero attached hydrogens (tertiary/aromatic N) is 1. The first-order valence-corrected chi connectivity index (χ1v) is 10.4. The van der Waals surface area contributed by atoms with E-state index in [1.54, 1.807) is 48.5 Å². The van der Waals surface area contributed by atoms with Gasteiger partial charge in [-0.3, -0.25) is 9.52 Å². The first-order valence-electron chi connectivity index (χ1n) is 8.87. The van der Waals surface area contributed by atoms with E-state index in [4.69, 9.17) is 0 Å². The maximum absolute atomic E-state index is 12.6. The predicted molar refractivity (Wildman–Crippen MR) is 103 cm³/mol. The number of carbonyl (C=O) groups excluding carboxylic acids is 1. The molecule has 0 radical (unpaired) electrons. The van der Waals surface area contributed by atoms with Gasteiger partial charge in [-0.25, -0.2) is 8.42 Å². The quantitative estimate of drug-likeness (QED) is 0.887. The van der Waals surface area contributed by atoms with E-state index < -0.39 is 10.0 Å². The van der Waals surface area contributed by atoms with Crippen LogP contribution in [0, 0.1) is 6.92 Å². The lowest BCUT2D eigenvalue weighted by Crippen LogP contribution is -2.42. The second kappa shape index (κ2) is 7.50. The number of nitrogens with one attached hydrogen (secondary N) is 1. The molecule has 1 heterocycles. The molecule has 1 aliphatic heterocycles. The Hall–Kier alpha value is -2.34. The lowest BCUT2D eigenvalue weighted by molar-refractivity contribution is 0.0635. The maximum Gasteiger partial charge on any atom is 0.261 e. The summed E-state index contributed by atoms with van der Waals surface area (Å²) in [6.45, 7) is 4.76. The highest BCUT2D eigenvalue weighted by atomic mass is 32.2. The van der Waals surface area contributed by atoms with Crippen LogP contribution >= 0.6 is 0 Å². The maximum atomic E-state index is 12.6. The molecule has 0 aromatic heterocycles. The number of likely N-dealkylation sites (tertiary alicyclic amines) is 1. The van der Waals surface area contributed by atoms with Crippen molar-refractivity contribution in [3.63, 3.8) is 0 Å². The van der Waals surface area contributed by atoms with Crippen LogP contribution in [-0.2, 0) is 10.0 Å². The highest BCUT2D eigenvalue weighted by Crippen LogP contribution is 2.21. The molecule has 2 aromatic rings. The topological polar surface area (TPSA) is 66.5 Å². The van der Waals surface area contributed by atoms with Crippen molar-refractivity contribution in [3.05, 3.63) is 59.7 Å². The van der Waals surface area contributed by atoms with Crippen LogP contribution in [0.4, 0.5) is 5.69 Å². The third kappa shape index (κ3) is 4.07. The largest absolute Gasteiger partial charge is 0.336 e. The van der Waals surface area contributed by atoms with E-state index in [1.165, 1.54) is 0 Å². The summed E-state index contributed by atoms with van der Waals surface area (Å²) in [6, 6.07) is 13.5. The summed E-state index contributed by atoms with van der Waals surface area (Å²) in [5.74, 6) is 0.00476. The van der Waals surface area contributed by atoms with E-state index in [2.05, 4.69) is 11.6 Å². The molecule has 5 nitrogen and oxygen atoms in total. The van der Waals surface area contributed by atoms with Crippen molar-refractivity contribution in [1.82, 2.24) is 4.90 Å². The molecule has 6 heteroatoms. The second-order valence-corrected chi connectivity index (χ2v) is 8.52. The number of aryl methyl sites for hydroxylation is 1. The number of rotatable bonds is 4. The number of amides is 1. The van der Waals surface area contributed by atoms with E-state index in [9.17, 15) is 13.2 Å². The van der Waals surface area contributed by atoms with Gasteiger partial charge in [-0.2, -0.15) is 0 Å². The molecule has 0 saturated carbocycles. The van der Waals surface area contributed by atoms with Crippen LogP contribution in [0.1, 0.15) is 42.1 Å². The third-order valence-electron chi connectivity index (χ3n) is 4.78. The van der Waals surface area contributed by atoms with E-state index in [0.717, 1.165) is 31.4 Å². The average molecular weight is 372 g/mol. The third-order valence-corrected chi connectivity index (χ3v) is 6.18. The van der Waals surface area contributed by atoms with Crippen molar-refractivity contribution in [2.75, 3.05) is 11.3 Å². The molecule has 2 aromatic carbocycles. The highest BCUT2D eigenvalue weighted by molar-refractivity contribution is 7.92. The molecule has 1 unspecified atom stereocenters. The number of sulfonamides is 1. The van der Waals surface area contributed by atoms with Crippen LogP contribution in [0.25, 0.3) is 0 Å². The fourth-order valence-corrected chi connectivity index (χ4v) is 4.24. The Balaban J connectivity index is 1.73. The molecule has 1 fully saturated rings. The van der Waals surface area contributed by atoms with Crippen LogP contribution in [0.5, 0.6) is 0 Å². The minimum Gasteiger partial charge on any atom is -0.336 e. The Morgan fingerprint density at radius 2 is 1.69 bits per heavy atom. The van der Waals surface area contributed by atoms with Gasteiger partial charge < -0.3 is 4.90 Å². The van der Waals surface area contributed by atoms with Crippen LogP contribution < -0.4 is 4.72 Å².